The summed E-state index contributed by atoms with van der Waals surface area (Å²) in [5.41, 5.74) is 3.93. The molecule has 3 atom stereocenters. The molecular formula is C25H33N7O. The zero-order valence-corrected chi connectivity index (χ0v) is 19.7. The van der Waals surface area contributed by atoms with E-state index < -0.39 is 0 Å². The maximum Gasteiger partial charge on any atom is 0.183 e. The lowest BCUT2D eigenvalue weighted by Gasteiger charge is -2.37. The van der Waals surface area contributed by atoms with E-state index in [1.165, 1.54) is 12.8 Å². The quantitative estimate of drug-likeness (QED) is 0.580. The van der Waals surface area contributed by atoms with Crippen LogP contribution in [0.15, 0.2) is 24.5 Å². The molecule has 3 aromatic heterocycles. The van der Waals surface area contributed by atoms with Crippen molar-refractivity contribution in [3.05, 3.63) is 30.2 Å². The molecule has 0 N–H and O–H groups in total. The summed E-state index contributed by atoms with van der Waals surface area (Å²) < 4.78 is 8.15. The highest BCUT2D eigenvalue weighted by Crippen LogP contribution is 2.37. The number of nitrogens with zero attached hydrogens (tertiary/aromatic N) is 7. The second-order valence-corrected chi connectivity index (χ2v) is 9.89. The Morgan fingerprint density at radius 2 is 2.00 bits per heavy atom. The van der Waals surface area contributed by atoms with Crippen molar-refractivity contribution in [1.29, 1.82) is 0 Å². The number of hydrogen-bond donors (Lipinski definition) is 0. The summed E-state index contributed by atoms with van der Waals surface area (Å²) in [5, 5.41) is 5.10. The van der Waals surface area contributed by atoms with E-state index in [4.69, 9.17) is 19.8 Å². The first-order chi connectivity index (χ1) is 16.2. The molecule has 6 rings (SSSR count). The summed E-state index contributed by atoms with van der Waals surface area (Å²) in [6.45, 7) is 7.34. The molecular weight excluding hydrogens is 414 g/mol. The Morgan fingerprint density at radius 1 is 1.06 bits per heavy atom. The molecule has 3 aromatic rings. The van der Waals surface area contributed by atoms with Gasteiger partial charge in [-0.15, -0.1) is 5.10 Å². The molecule has 0 aliphatic carbocycles. The van der Waals surface area contributed by atoms with Gasteiger partial charge in [-0.1, -0.05) is 6.92 Å². The Hall–Kier alpha value is -2.74. The minimum Gasteiger partial charge on any atom is -0.356 e. The summed E-state index contributed by atoms with van der Waals surface area (Å²) in [6, 6.07) is 4.60. The summed E-state index contributed by atoms with van der Waals surface area (Å²) in [5.74, 6) is 2.58. The minimum atomic E-state index is -0.0866. The third-order valence-electron chi connectivity index (χ3n) is 7.44. The number of aryl methyl sites for hydroxylation is 1. The zero-order chi connectivity index (χ0) is 22.4. The van der Waals surface area contributed by atoms with E-state index in [9.17, 15) is 0 Å². The molecule has 0 spiro atoms. The van der Waals surface area contributed by atoms with Crippen molar-refractivity contribution in [2.45, 2.75) is 71.1 Å². The van der Waals surface area contributed by atoms with Crippen LogP contribution in [-0.4, -0.2) is 50.5 Å². The van der Waals surface area contributed by atoms with Crippen molar-refractivity contribution in [2.75, 3.05) is 29.5 Å². The Bertz CT molecular complexity index is 1140. The van der Waals surface area contributed by atoms with Crippen molar-refractivity contribution < 1.29 is 4.74 Å². The van der Waals surface area contributed by atoms with Crippen LogP contribution in [0.4, 0.5) is 17.3 Å². The van der Waals surface area contributed by atoms with Crippen LogP contribution >= 0.6 is 0 Å². The third kappa shape index (κ3) is 3.74. The molecule has 0 aromatic carbocycles. The summed E-state index contributed by atoms with van der Waals surface area (Å²) in [4.78, 5) is 19.4. The number of hydrogen-bond acceptors (Lipinski definition) is 7. The number of pyridine rings is 1. The van der Waals surface area contributed by atoms with Crippen LogP contribution in [0.2, 0.25) is 0 Å². The molecule has 3 aliphatic heterocycles. The number of rotatable bonds is 3. The topological polar surface area (TPSA) is 72.2 Å². The van der Waals surface area contributed by atoms with E-state index in [2.05, 4.69) is 34.7 Å². The van der Waals surface area contributed by atoms with Crippen molar-refractivity contribution in [2.24, 2.45) is 5.92 Å². The van der Waals surface area contributed by atoms with Gasteiger partial charge in [-0.3, -0.25) is 4.98 Å². The fraction of sp³-hybridized carbons (Fsp3) is 0.600. The Balaban J connectivity index is 1.46. The van der Waals surface area contributed by atoms with Gasteiger partial charge < -0.3 is 14.5 Å². The standard InChI is InChI=1S/C25H33N7O/c1-17-10-13-30(18(2)15-17)21-16-27-23-24(28-21)32(22-9-3-4-14-33-22)29-25(23)31-12-6-7-19-20(31)8-5-11-26-19/h5,8,11,16-18,22H,3-4,6-7,9-10,12-15H2,1-2H3/t17?,18-,22?/m1/s1. The van der Waals surface area contributed by atoms with Gasteiger partial charge in [-0.05, 0) is 69.9 Å². The average molecular weight is 448 g/mol. The molecule has 0 saturated carbocycles. The highest BCUT2D eigenvalue weighted by atomic mass is 16.5. The van der Waals surface area contributed by atoms with Crippen LogP contribution in [0, 0.1) is 5.92 Å². The van der Waals surface area contributed by atoms with Crippen LogP contribution in [0.5, 0.6) is 0 Å². The maximum atomic E-state index is 6.15. The normalized spacial score (nSPS) is 25.9. The first-order valence-corrected chi connectivity index (χ1v) is 12.5. The summed E-state index contributed by atoms with van der Waals surface area (Å²) >= 11 is 0. The Kier molecular flexibility index (Phi) is 5.40. The van der Waals surface area contributed by atoms with Crippen molar-refractivity contribution in [3.8, 4) is 0 Å². The second kappa shape index (κ2) is 8.56. The van der Waals surface area contributed by atoms with Gasteiger partial charge in [0.2, 0.25) is 0 Å². The van der Waals surface area contributed by atoms with Gasteiger partial charge in [-0.2, -0.15) is 0 Å². The van der Waals surface area contributed by atoms with Gasteiger partial charge >= 0.3 is 0 Å². The molecule has 6 heterocycles. The Labute approximate surface area is 195 Å². The lowest BCUT2D eigenvalue weighted by molar-refractivity contribution is -0.0368. The van der Waals surface area contributed by atoms with Crippen LogP contribution in [-0.2, 0) is 11.2 Å². The van der Waals surface area contributed by atoms with E-state index in [-0.39, 0.29) is 6.23 Å². The lowest BCUT2D eigenvalue weighted by Crippen LogP contribution is -2.40. The largest absolute Gasteiger partial charge is 0.356 e. The van der Waals surface area contributed by atoms with Gasteiger partial charge in [0, 0.05) is 31.9 Å². The molecule has 0 bridgehead atoms. The monoisotopic (exact) mass is 447 g/mol. The first kappa shape index (κ1) is 20.8. The predicted octanol–water partition coefficient (Wildman–Crippen LogP) is 4.63. The van der Waals surface area contributed by atoms with Gasteiger partial charge in [0.25, 0.3) is 0 Å². The zero-order valence-electron chi connectivity index (χ0n) is 19.7. The van der Waals surface area contributed by atoms with Crippen LogP contribution in [0.25, 0.3) is 11.2 Å². The fourth-order valence-corrected chi connectivity index (χ4v) is 5.68. The van der Waals surface area contributed by atoms with E-state index in [1.54, 1.807) is 0 Å². The molecule has 0 radical (unpaired) electrons. The molecule has 8 nitrogen and oxygen atoms in total. The Morgan fingerprint density at radius 3 is 2.85 bits per heavy atom. The molecule has 33 heavy (non-hydrogen) atoms. The SMILES string of the molecule is CC1CCN(c2cnc3c(N4CCCc5ncccc54)nn(C4CCCCO4)c3n2)[C@H](C)C1. The highest BCUT2D eigenvalue weighted by molar-refractivity contribution is 5.88. The number of ether oxygens (including phenoxy) is 1. The number of fused-ring (bicyclic) bond motifs is 2. The van der Waals surface area contributed by atoms with Crippen molar-refractivity contribution >= 4 is 28.5 Å². The second-order valence-electron chi connectivity index (χ2n) is 9.89. The van der Waals surface area contributed by atoms with Gasteiger partial charge in [0.05, 0.1) is 17.6 Å². The van der Waals surface area contributed by atoms with Crippen LogP contribution in [0.1, 0.15) is 64.3 Å². The smallest absolute Gasteiger partial charge is 0.183 e. The van der Waals surface area contributed by atoms with Gasteiger partial charge in [-0.25, -0.2) is 14.6 Å². The van der Waals surface area contributed by atoms with Gasteiger partial charge in [0.15, 0.2) is 23.2 Å². The molecule has 2 saturated heterocycles. The van der Waals surface area contributed by atoms with Crippen molar-refractivity contribution in [1.82, 2.24) is 24.7 Å². The van der Waals surface area contributed by atoms with E-state index >= 15 is 0 Å². The maximum absolute atomic E-state index is 6.15. The predicted molar refractivity (Wildman–Crippen MR) is 129 cm³/mol. The molecule has 174 valence electrons. The molecule has 3 aliphatic rings. The van der Waals surface area contributed by atoms with Crippen molar-refractivity contribution in [3.63, 3.8) is 0 Å². The first-order valence-electron chi connectivity index (χ1n) is 12.5. The fourth-order valence-electron chi connectivity index (χ4n) is 5.68. The average Bonchev–Trinajstić information content (AvgIpc) is 3.23. The molecule has 8 heteroatoms. The number of anilines is 3. The number of piperidine rings is 1. The summed E-state index contributed by atoms with van der Waals surface area (Å²) in [6.07, 6.45) is 11.4. The minimum absolute atomic E-state index is 0.0866. The third-order valence-corrected chi connectivity index (χ3v) is 7.44. The highest BCUT2D eigenvalue weighted by Gasteiger charge is 2.30. The van der Waals surface area contributed by atoms with Gasteiger partial charge in [0.1, 0.15) is 5.82 Å². The molecule has 0 amide bonds. The lowest BCUT2D eigenvalue weighted by atomic mass is 9.93. The van der Waals surface area contributed by atoms with Crippen LogP contribution in [0.3, 0.4) is 0 Å². The molecule has 2 unspecified atom stereocenters. The number of aromatic nitrogens is 5. The van der Waals surface area contributed by atoms with E-state index in [0.717, 1.165) is 91.9 Å². The molecule has 2 fully saturated rings. The van der Waals surface area contributed by atoms with Crippen LogP contribution < -0.4 is 9.80 Å². The van der Waals surface area contributed by atoms with E-state index in [0.29, 0.717) is 6.04 Å². The summed E-state index contributed by atoms with van der Waals surface area (Å²) in [7, 11) is 0. The van der Waals surface area contributed by atoms with E-state index in [1.807, 2.05) is 23.1 Å².